The minimum Gasteiger partial charge on any atom is -0.497 e. The summed E-state index contributed by atoms with van der Waals surface area (Å²) in [4.78, 5) is 24.0. The summed E-state index contributed by atoms with van der Waals surface area (Å²) in [5.74, 6) is 1.58. The van der Waals surface area contributed by atoms with E-state index in [0.29, 0.717) is 31.1 Å². The molecular formula is C22H28N2O5. The molecule has 156 valence electrons. The van der Waals surface area contributed by atoms with E-state index in [9.17, 15) is 9.59 Å². The third-order valence-electron chi connectivity index (χ3n) is 4.05. The molecule has 0 aliphatic rings. The van der Waals surface area contributed by atoms with E-state index in [1.807, 2.05) is 0 Å². The van der Waals surface area contributed by atoms with Crippen LogP contribution in [0.25, 0.3) is 0 Å². The molecule has 2 rings (SSSR count). The lowest BCUT2D eigenvalue weighted by Gasteiger charge is -2.09. The van der Waals surface area contributed by atoms with Crippen LogP contribution in [0.4, 0.5) is 0 Å². The molecule has 0 aromatic heterocycles. The van der Waals surface area contributed by atoms with Crippen LogP contribution in [-0.2, 0) is 4.79 Å². The standard InChI is InChI=1S/C22H28N2O5/c1-3-4-14-28-19-7-5-17(6-8-19)22(26)24-16-21(25)23-13-15-29-20-11-9-18(27-2)10-12-20/h5-12H,3-4,13-16H2,1-2H3,(H,23,25)(H,24,26). The zero-order valence-corrected chi connectivity index (χ0v) is 16.9. The SMILES string of the molecule is CCCCOc1ccc(C(=O)NCC(=O)NCCOc2ccc(OC)cc2)cc1. The first-order valence-corrected chi connectivity index (χ1v) is 9.67. The van der Waals surface area contributed by atoms with Gasteiger partial charge < -0.3 is 24.8 Å². The molecule has 0 radical (unpaired) electrons. The highest BCUT2D eigenvalue weighted by molar-refractivity contribution is 5.96. The maximum Gasteiger partial charge on any atom is 0.251 e. The Balaban J connectivity index is 1.63. The van der Waals surface area contributed by atoms with Crippen LogP contribution >= 0.6 is 0 Å². The Bertz CT molecular complexity index is 760. The Morgan fingerprint density at radius 2 is 1.41 bits per heavy atom. The largest absolute Gasteiger partial charge is 0.497 e. The Hall–Kier alpha value is -3.22. The number of hydrogen-bond acceptors (Lipinski definition) is 5. The lowest BCUT2D eigenvalue weighted by Crippen LogP contribution is -2.38. The molecule has 0 unspecified atom stereocenters. The van der Waals surface area contributed by atoms with Crippen molar-refractivity contribution < 1.29 is 23.8 Å². The van der Waals surface area contributed by atoms with Gasteiger partial charge in [-0.3, -0.25) is 9.59 Å². The van der Waals surface area contributed by atoms with Crippen molar-refractivity contribution in [3.63, 3.8) is 0 Å². The maximum absolute atomic E-state index is 12.1. The highest BCUT2D eigenvalue weighted by Crippen LogP contribution is 2.16. The third-order valence-corrected chi connectivity index (χ3v) is 4.05. The summed E-state index contributed by atoms with van der Waals surface area (Å²) in [7, 11) is 1.60. The third kappa shape index (κ3) is 8.13. The van der Waals surface area contributed by atoms with Crippen LogP contribution in [0.5, 0.6) is 17.2 Å². The lowest BCUT2D eigenvalue weighted by molar-refractivity contribution is -0.120. The molecule has 29 heavy (non-hydrogen) atoms. The monoisotopic (exact) mass is 400 g/mol. The van der Waals surface area contributed by atoms with E-state index in [2.05, 4.69) is 17.6 Å². The van der Waals surface area contributed by atoms with Gasteiger partial charge in [0.25, 0.3) is 5.91 Å². The van der Waals surface area contributed by atoms with Gasteiger partial charge in [0.15, 0.2) is 0 Å². The predicted octanol–water partition coefficient (Wildman–Crippen LogP) is 2.80. The van der Waals surface area contributed by atoms with Gasteiger partial charge in [-0.2, -0.15) is 0 Å². The van der Waals surface area contributed by atoms with Gasteiger partial charge in [0, 0.05) is 5.56 Å². The highest BCUT2D eigenvalue weighted by atomic mass is 16.5. The first-order valence-electron chi connectivity index (χ1n) is 9.67. The highest BCUT2D eigenvalue weighted by Gasteiger charge is 2.08. The van der Waals surface area contributed by atoms with E-state index >= 15 is 0 Å². The smallest absolute Gasteiger partial charge is 0.251 e. The molecule has 2 aromatic rings. The summed E-state index contributed by atoms with van der Waals surface area (Å²) in [5.41, 5.74) is 0.475. The minimum atomic E-state index is -0.310. The van der Waals surface area contributed by atoms with E-state index in [1.165, 1.54) is 0 Å². The number of nitrogens with one attached hydrogen (secondary N) is 2. The fourth-order valence-electron chi connectivity index (χ4n) is 2.39. The Kier molecular flexibility index (Phi) is 9.35. The van der Waals surface area contributed by atoms with Gasteiger partial charge in [0.2, 0.25) is 5.91 Å². The number of unbranched alkanes of at least 4 members (excludes halogenated alkanes) is 1. The van der Waals surface area contributed by atoms with E-state index in [1.54, 1.807) is 55.6 Å². The van der Waals surface area contributed by atoms with Crippen LogP contribution in [0.2, 0.25) is 0 Å². The molecule has 0 atom stereocenters. The number of amides is 2. The van der Waals surface area contributed by atoms with E-state index in [4.69, 9.17) is 14.2 Å². The minimum absolute atomic E-state index is 0.101. The van der Waals surface area contributed by atoms with Gasteiger partial charge in [0.1, 0.15) is 23.9 Å². The topological polar surface area (TPSA) is 85.9 Å². The molecule has 0 saturated heterocycles. The Labute approximate surface area is 171 Å². The predicted molar refractivity (Wildman–Crippen MR) is 111 cm³/mol. The zero-order chi connectivity index (χ0) is 20.9. The van der Waals surface area contributed by atoms with Gasteiger partial charge in [-0.25, -0.2) is 0 Å². The van der Waals surface area contributed by atoms with Crippen LogP contribution in [0.3, 0.4) is 0 Å². The van der Waals surface area contributed by atoms with Gasteiger partial charge in [-0.15, -0.1) is 0 Å². The van der Waals surface area contributed by atoms with Crippen molar-refractivity contribution in [2.75, 3.05) is 33.4 Å². The summed E-state index contributed by atoms with van der Waals surface area (Å²) >= 11 is 0. The van der Waals surface area contributed by atoms with Crippen LogP contribution in [0, 0.1) is 0 Å². The molecule has 0 bridgehead atoms. The van der Waals surface area contributed by atoms with Gasteiger partial charge in [-0.05, 0) is 55.0 Å². The summed E-state index contributed by atoms with van der Waals surface area (Å²) in [5, 5.41) is 5.29. The van der Waals surface area contributed by atoms with E-state index < -0.39 is 0 Å². The van der Waals surface area contributed by atoms with E-state index in [-0.39, 0.29) is 18.4 Å². The van der Waals surface area contributed by atoms with Crippen LogP contribution in [0.15, 0.2) is 48.5 Å². The van der Waals surface area contributed by atoms with Gasteiger partial charge >= 0.3 is 0 Å². The van der Waals surface area contributed by atoms with Crippen LogP contribution in [0.1, 0.15) is 30.1 Å². The quantitative estimate of drug-likeness (QED) is 0.535. The number of carbonyl (C=O) groups excluding carboxylic acids is 2. The molecule has 0 heterocycles. The van der Waals surface area contributed by atoms with Crippen LogP contribution in [-0.4, -0.2) is 45.2 Å². The molecule has 0 saturated carbocycles. The van der Waals surface area contributed by atoms with Gasteiger partial charge in [-0.1, -0.05) is 13.3 Å². The van der Waals surface area contributed by atoms with Crippen molar-refractivity contribution >= 4 is 11.8 Å². The zero-order valence-electron chi connectivity index (χ0n) is 16.9. The van der Waals surface area contributed by atoms with Crippen LogP contribution < -0.4 is 24.8 Å². The number of hydrogen-bond donors (Lipinski definition) is 2. The molecule has 2 amide bonds. The first kappa shape index (κ1) is 22.1. The van der Waals surface area contributed by atoms with Crippen molar-refractivity contribution in [3.8, 4) is 17.2 Å². The molecule has 0 fully saturated rings. The molecular weight excluding hydrogens is 372 g/mol. The number of carbonyl (C=O) groups is 2. The number of rotatable bonds is 12. The summed E-state index contributed by atoms with van der Waals surface area (Å²) < 4.78 is 16.2. The number of benzene rings is 2. The maximum atomic E-state index is 12.1. The average Bonchev–Trinajstić information content (AvgIpc) is 2.76. The second-order valence-corrected chi connectivity index (χ2v) is 6.28. The molecule has 7 nitrogen and oxygen atoms in total. The van der Waals surface area contributed by atoms with Crippen molar-refractivity contribution in [2.45, 2.75) is 19.8 Å². The fourth-order valence-corrected chi connectivity index (χ4v) is 2.39. The van der Waals surface area contributed by atoms with Gasteiger partial charge in [0.05, 0.1) is 26.8 Å². The molecule has 2 N–H and O–H groups in total. The molecule has 7 heteroatoms. The van der Waals surface area contributed by atoms with Crippen molar-refractivity contribution in [2.24, 2.45) is 0 Å². The van der Waals surface area contributed by atoms with Crippen molar-refractivity contribution in [1.82, 2.24) is 10.6 Å². The Morgan fingerprint density at radius 1 is 0.828 bits per heavy atom. The first-order chi connectivity index (χ1) is 14.1. The summed E-state index contributed by atoms with van der Waals surface area (Å²) in [6.45, 7) is 3.32. The van der Waals surface area contributed by atoms with Crippen molar-refractivity contribution in [3.05, 3.63) is 54.1 Å². The summed E-state index contributed by atoms with van der Waals surface area (Å²) in [6, 6.07) is 14.0. The van der Waals surface area contributed by atoms with Crippen molar-refractivity contribution in [1.29, 1.82) is 0 Å². The molecule has 0 aliphatic carbocycles. The number of ether oxygens (including phenoxy) is 3. The average molecular weight is 400 g/mol. The second kappa shape index (κ2) is 12.3. The molecule has 2 aromatic carbocycles. The second-order valence-electron chi connectivity index (χ2n) is 6.28. The Morgan fingerprint density at radius 3 is 2.03 bits per heavy atom. The molecule has 0 aliphatic heterocycles. The normalized spacial score (nSPS) is 10.1. The number of methoxy groups -OCH3 is 1. The summed E-state index contributed by atoms with van der Waals surface area (Å²) in [6.07, 6.45) is 2.05. The van der Waals surface area contributed by atoms with E-state index in [0.717, 1.165) is 24.3 Å². The fraction of sp³-hybridized carbons (Fsp3) is 0.364. The lowest BCUT2D eigenvalue weighted by atomic mass is 10.2. The molecule has 0 spiro atoms.